The van der Waals surface area contributed by atoms with E-state index in [1.165, 1.54) is 44.6 Å². The van der Waals surface area contributed by atoms with Crippen molar-refractivity contribution in [3.05, 3.63) is 11.8 Å². The van der Waals surface area contributed by atoms with Crippen LogP contribution in [-0.4, -0.2) is 12.6 Å². The number of esters is 1. The largest absolute Gasteiger partial charge is 0.462 e. The lowest BCUT2D eigenvalue weighted by atomic mass is 10.1. The van der Waals surface area contributed by atoms with Gasteiger partial charge in [0.25, 0.3) is 0 Å². The second-order valence-corrected chi connectivity index (χ2v) is 4.72. The summed E-state index contributed by atoms with van der Waals surface area (Å²) in [7, 11) is 0. The molecule has 0 aromatic rings. The van der Waals surface area contributed by atoms with Gasteiger partial charge in [-0.05, 0) is 12.8 Å². The topological polar surface area (TPSA) is 52.3 Å². The first kappa shape index (κ1) is 17.0. The van der Waals surface area contributed by atoms with Crippen LogP contribution in [0.15, 0.2) is 11.8 Å². The van der Waals surface area contributed by atoms with Crippen molar-refractivity contribution in [3.63, 3.8) is 0 Å². The van der Waals surface area contributed by atoms with Gasteiger partial charge < -0.3 is 10.5 Å². The predicted molar refractivity (Wildman–Crippen MR) is 76.1 cm³/mol. The highest BCUT2D eigenvalue weighted by Crippen LogP contribution is 2.08. The Morgan fingerprint density at radius 2 is 1.56 bits per heavy atom. The maximum Gasteiger partial charge on any atom is 0.332 e. The minimum Gasteiger partial charge on any atom is -0.462 e. The van der Waals surface area contributed by atoms with Crippen LogP contribution >= 0.6 is 0 Å². The molecule has 0 fully saturated rings. The van der Waals surface area contributed by atoms with Gasteiger partial charge in [0.05, 0.1) is 6.61 Å². The molecule has 0 spiro atoms. The third-order valence-electron chi connectivity index (χ3n) is 2.95. The van der Waals surface area contributed by atoms with E-state index in [4.69, 9.17) is 10.5 Å². The molecule has 0 radical (unpaired) electrons. The second kappa shape index (κ2) is 12.5. The van der Waals surface area contributed by atoms with Gasteiger partial charge in [0.1, 0.15) is 0 Å². The molecule has 0 aliphatic carbocycles. The van der Waals surface area contributed by atoms with Gasteiger partial charge >= 0.3 is 5.97 Å². The van der Waals surface area contributed by atoms with E-state index in [0.717, 1.165) is 12.8 Å². The number of unbranched alkanes of at least 4 members (excludes halogenated alkanes) is 7. The van der Waals surface area contributed by atoms with E-state index < -0.39 is 0 Å². The zero-order chi connectivity index (χ0) is 13.6. The zero-order valence-corrected chi connectivity index (χ0v) is 12.0. The smallest absolute Gasteiger partial charge is 0.332 e. The quantitative estimate of drug-likeness (QED) is 0.346. The Morgan fingerprint density at radius 3 is 2.11 bits per heavy atom. The number of hydrogen-bond donors (Lipinski definition) is 1. The molecule has 0 rings (SSSR count). The summed E-state index contributed by atoms with van der Waals surface area (Å²) in [5.74, 6) is -0.308. The van der Waals surface area contributed by atoms with Crippen molar-refractivity contribution in [2.75, 3.05) is 6.61 Å². The minimum absolute atomic E-state index is 0.308. The highest BCUT2D eigenvalue weighted by atomic mass is 16.5. The Morgan fingerprint density at radius 1 is 1.00 bits per heavy atom. The van der Waals surface area contributed by atoms with E-state index in [0.29, 0.717) is 18.7 Å². The monoisotopic (exact) mass is 255 g/mol. The predicted octanol–water partition coefficient (Wildman–Crippen LogP) is 3.92. The third-order valence-corrected chi connectivity index (χ3v) is 2.95. The fourth-order valence-corrected chi connectivity index (χ4v) is 1.70. The number of carbonyl (C=O) groups excluding carboxylic acids is 1. The molecule has 18 heavy (non-hydrogen) atoms. The molecule has 0 aliphatic heterocycles. The molecule has 0 aromatic carbocycles. The van der Waals surface area contributed by atoms with Gasteiger partial charge in [-0.2, -0.15) is 0 Å². The van der Waals surface area contributed by atoms with Crippen molar-refractivity contribution in [2.45, 2.75) is 71.6 Å². The summed E-state index contributed by atoms with van der Waals surface area (Å²) >= 11 is 0. The lowest BCUT2D eigenvalue weighted by Gasteiger charge is -2.03. The lowest BCUT2D eigenvalue weighted by Crippen LogP contribution is -2.06. The summed E-state index contributed by atoms with van der Waals surface area (Å²) in [4.78, 5) is 11.2. The molecule has 0 aromatic heterocycles. The molecule has 0 atom stereocenters. The average molecular weight is 255 g/mol. The Bertz CT molecular complexity index is 237. The molecule has 0 saturated heterocycles. The van der Waals surface area contributed by atoms with Crippen molar-refractivity contribution >= 4 is 5.97 Å². The van der Waals surface area contributed by atoms with E-state index >= 15 is 0 Å². The molecule has 3 heteroatoms. The summed E-state index contributed by atoms with van der Waals surface area (Å²) in [6.45, 7) is 4.66. The van der Waals surface area contributed by atoms with Crippen molar-refractivity contribution < 1.29 is 9.53 Å². The summed E-state index contributed by atoms with van der Waals surface area (Å²) in [5.41, 5.74) is 6.12. The van der Waals surface area contributed by atoms with Gasteiger partial charge in [-0.1, -0.05) is 58.8 Å². The fourth-order valence-electron chi connectivity index (χ4n) is 1.70. The second-order valence-electron chi connectivity index (χ2n) is 4.72. The third kappa shape index (κ3) is 11.5. The van der Waals surface area contributed by atoms with Crippen molar-refractivity contribution in [1.29, 1.82) is 0 Å². The van der Waals surface area contributed by atoms with E-state index in [2.05, 4.69) is 6.92 Å². The molecule has 0 heterocycles. The maximum atomic E-state index is 11.2. The van der Waals surface area contributed by atoms with Crippen LogP contribution in [0.5, 0.6) is 0 Å². The van der Waals surface area contributed by atoms with Crippen LogP contribution in [0.2, 0.25) is 0 Å². The zero-order valence-electron chi connectivity index (χ0n) is 12.0. The van der Waals surface area contributed by atoms with Crippen molar-refractivity contribution in [3.8, 4) is 0 Å². The molecule has 106 valence electrons. The number of carbonyl (C=O) groups is 1. The van der Waals surface area contributed by atoms with Crippen LogP contribution < -0.4 is 5.73 Å². The van der Waals surface area contributed by atoms with Crippen LogP contribution in [0.1, 0.15) is 71.6 Å². The summed E-state index contributed by atoms with van der Waals surface area (Å²) < 4.78 is 5.06. The normalized spacial score (nSPS) is 11.6. The van der Waals surface area contributed by atoms with E-state index in [1.54, 1.807) is 0 Å². The Labute approximate surface area is 112 Å². The lowest BCUT2D eigenvalue weighted by molar-refractivity contribution is -0.137. The van der Waals surface area contributed by atoms with E-state index in [1.807, 2.05) is 6.92 Å². The van der Waals surface area contributed by atoms with Crippen molar-refractivity contribution in [2.24, 2.45) is 5.73 Å². The SMILES string of the molecule is CCCCCCCCCCOC(=O)C=C(N)CC. The summed E-state index contributed by atoms with van der Waals surface area (Å²) in [6.07, 6.45) is 12.1. The molecular weight excluding hydrogens is 226 g/mol. The van der Waals surface area contributed by atoms with Crippen LogP contribution in [0.25, 0.3) is 0 Å². The summed E-state index contributed by atoms with van der Waals surface area (Å²) in [6, 6.07) is 0. The van der Waals surface area contributed by atoms with Gasteiger partial charge in [-0.25, -0.2) is 4.79 Å². The first-order chi connectivity index (χ1) is 8.70. The standard InChI is InChI=1S/C15H29NO2/c1-3-5-6-7-8-9-10-11-12-18-15(17)13-14(16)4-2/h13H,3-12,16H2,1-2H3. The van der Waals surface area contributed by atoms with Crippen LogP contribution in [0.3, 0.4) is 0 Å². The Kier molecular flexibility index (Phi) is 11.8. The molecule has 0 aliphatic rings. The van der Waals surface area contributed by atoms with E-state index in [-0.39, 0.29) is 5.97 Å². The maximum absolute atomic E-state index is 11.2. The number of hydrogen-bond acceptors (Lipinski definition) is 3. The van der Waals surface area contributed by atoms with Crippen molar-refractivity contribution in [1.82, 2.24) is 0 Å². The molecule has 3 nitrogen and oxygen atoms in total. The highest BCUT2D eigenvalue weighted by Gasteiger charge is 1.99. The van der Waals surface area contributed by atoms with Gasteiger partial charge in [0.2, 0.25) is 0 Å². The number of ether oxygens (including phenoxy) is 1. The number of allylic oxidation sites excluding steroid dienone is 1. The summed E-state index contributed by atoms with van der Waals surface area (Å²) in [5, 5.41) is 0. The minimum atomic E-state index is -0.308. The van der Waals surface area contributed by atoms with Gasteiger partial charge in [-0.15, -0.1) is 0 Å². The molecule has 0 bridgehead atoms. The highest BCUT2D eigenvalue weighted by molar-refractivity contribution is 5.82. The molecule has 0 unspecified atom stereocenters. The average Bonchev–Trinajstić information content (AvgIpc) is 2.36. The molecule has 2 N–H and O–H groups in total. The van der Waals surface area contributed by atoms with Crippen LogP contribution in [0, 0.1) is 0 Å². The van der Waals surface area contributed by atoms with Crippen LogP contribution in [-0.2, 0) is 9.53 Å². The molecule has 0 amide bonds. The Hall–Kier alpha value is -0.990. The Balaban J connectivity index is 3.28. The van der Waals surface area contributed by atoms with Crippen LogP contribution in [0.4, 0.5) is 0 Å². The molecular formula is C15H29NO2. The number of rotatable bonds is 11. The number of nitrogens with two attached hydrogens (primary N) is 1. The van der Waals surface area contributed by atoms with Gasteiger partial charge in [-0.3, -0.25) is 0 Å². The van der Waals surface area contributed by atoms with E-state index in [9.17, 15) is 4.79 Å². The molecule has 0 saturated carbocycles. The van der Waals surface area contributed by atoms with Gasteiger partial charge in [0.15, 0.2) is 0 Å². The van der Waals surface area contributed by atoms with Gasteiger partial charge in [0, 0.05) is 11.8 Å². The first-order valence-corrected chi connectivity index (χ1v) is 7.33. The fraction of sp³-hybridized carbons (Fsp3) is 0.800. The first-order valence-electron chi connectivity index (χ1n) is 7.33.